The van der Waals surface area contributed by atoms with Crippen LogP contribution in [0.1, 0.15) is 24.2 Å². The van der Waals surface area contributed by atoms with Crippen LogP contribution >= 0.6 is 0 Å². The SMILES string of the molecule is C[C@@H]1CN([C@@H]2COc3ccccc3[C@H]2Nc2ncnc3[nH]c(C(F)(F)F)cc23)CCO1. The Kier molecular flexibility index (Phi) is 4.98. The van der Waals surface area contributed by atoms with Crippen LogP contribution in [-0.2, 0) is 10.9 Å². The van der Waals surface area contributed by atoms with E-state index in [1.807, 2.05) is 31.2 Å². The highest BCUT2D eigenvalue weighted by Gasteiger charge is 2.38. The number of rotatable bonds is 3. The van der Waals surface area contributed by atoms with E-state index in [0.29, 0.717) is 24.4 Å². The summed E-state index contributed by atoms with van der Waals surface area (Å²) in [5.74, 6) is 1.11. The number of H-pyrrole nitrogens is 1. The number of para-hydroxylation sites is 1. The number of halogens is 3. The molecule has 1 fully saturated rings. The van der Waals surface area contributed by atoms with Crippen molar-refractivity contribution in [2.75, 3.05) is 31.6 Å². The molecule has 5 rings (SSSR count). The van der Waals surface area contributed by atoms with Crippen LogP contribution in [0.5, 0.6) is 5.75 Å². The van der Waals surface area contributed by atoms with E-state index < -0.39 is 11.9 Å². The van der Waals surface area contributed by atoms with Gasteiger partial charge in [0.25, 0.3) is 0 Å². The number of anilines is 1. The van der Waals surface area contributed by atoms with Gasteiger partial charge < -0.3 is 19.8 Å². The van der Waals surface area contributed by atoms with Gasteiger partial charge in [-0.15, -0.1) is 0 Å². The second-order valence-electron chi connectivity index (χ2n) is 7.88. The van der Waals surface area contributed by atoms with E-state index in [4.69, 9.17) is 9.47 Å². The fourth-order valence-electron chi connectivity index (χ4n) is 4.34. The molecule has 164 valence electrons. The standard InChI is InChI=1S/C21H22F3N5O2/c1-12-9-29(6-7-30-12)15-10-31-16-5-3-2-4-13(16)18(15)28-20-14-8-17(21(22,23)24)27-19(14)25-11-26-20/h2-5,8,11-12,15,18H,6-7,9-10H2,1H3,(H2,25,26,27,28)/t12-,15-,18-/m1/s1. The number of aromatic nitrogens is 3. The number of aromatic amines is 1. The maximum atomic E-state index is 13.2. The largest absolute Gasteiger partial charge is 0.491 e. The summed E-state index contributed by atoms with van der Waals surface area (Å²) in [5, 5.41) is 3.71. The van der Waals surface area contributed by atoms with Crippen LogP contribution in [-0.4, -0.2) is 58.3 Å². The molecule has 3 aromatic rings. The first kappa shape index (κ1) is 20.1. The Morgan fingerprint density at radius 1 is 1.23 bits per heavy atom. The smallest absolute Gasteiger partial charge is 0.431 e. The number of hydrogen-bond donors (Lipinski definition) is 2. The van der Waals surface area contributed by atoms with Crippen LogP contribution in [0.2, 0.25) is 0 Å². The van der Waals surface area contributed by atoms with Crippen LogP contribution in [0.3, 0.4) is 0 Å². The highest BCUT2D eigenvalue weighted by Crippen LogP contribution is 2.38. The molecule has 1 aromatic carbocycles. The van der Waals surface area contributed by atoms with Crippen molar-refractivity contribution in [3.05, 3.63) is 47.9 Å². The average molecular weight is 433 g/mol. The Balaban J connectivity index is 1.54. The molecule has 0 amide bonds. The molecule has 0 radical (unpaired) electrons. The highest BCUT2D eigenvalue weighted by atomic mass is 19.4. The summed E-state index contributed by atoms with van der Waals surface area (Å²) in [6.07, 6.45) is -3.13. The normalized spacial score (nSPS) is 24.6. The van der Waals surface area contributed by atoms with Crippen molar-refractivity contribution < 1.29 is 22.6 Å². The average Bonchev–Trinajstić information content (AvgIpc) is 3.20. The third-order valence-electron chi connectivity index (χ3n) is 5.81. The number of hydrogen-bond acceptors (Lipinski definition) is 6. The van der Waals surface area contributed by atoms with E-state index in [0.717, 1.165) is 30.5 Å². The van der Waals surface area contributed by atoms with Crippen molar-refractivity contribution in [1.29, 1.82) is 0 Å². The van der Waals surface area contributed by atoms with Crippen molar-refractivity contribution in [1.82, 2.24) is 19.9 Å². The number of nitrogens with one attached hydrogen (secondary N) is 2. The molecule has 0 aliphatic carbocycles. The van der Waals surface area contributed by atoms with Crippen LogP contribution < -0.4 is 10.1 Å². The van der Waals surface area contributed by atoms with Gasteiger partial charge in [-0.25, -0.2) is 9.97 Å². The molecule has 0 spiro atoms. The van der Waals surface area contributed by atoms with Gasteiger partial charge in [0.15, 0.2) is 0 Å². The fraction of sp³-hybridized carbons (Fsp3) is 0.429. The molecule has 2 aliphatic heterocycles. The van der Waals surface area contributed by atoms with Crippen molar-refractivity contribution in [2.45, 2.75) is 31.3 Å². The van der Waals surface area contributed by atoms with Crippen molar-refractivity contribution in [3.63, 3.8) is 0 Å². The Hall–Kier alpha value is -2.85. The van der Waals surface area contributed by atoms with Gasteiger partial charge in [-0.1, -0.05) is 18.2 Å². The van der Waals surface area contributed by atoms with Crippen molar-refractivity contribution in [3.8, 4) is 5.75 Å². The van der Waals surface area contributed by atoms with Gasteiger partial charge in [0.05, 0.1) is 30.2 Å². The fourth-order valence-corrected chi connectivity index (χ4v) is 4.34. The molecule has 31 heavy (non-hydrogen) atoms. The zero-order chi connectivity index (χ0) is 21.6. The summed E-state index contributed by atoms with van der Waals surface area (Å²) in [6, 6.07) is 8.49. The van der Waals surface area contributed by atoms with Crippen LogP contribution in [0, 0.1) is 0 Å². The van der Waals surface area contributed by atoms with Gasteiger partial charge in [-0.2, -0.15) is 13.2 Å². The van der Waals surface area contributed by atoms with Gasteiger partial charge >= 0.3 is 6.18 Å². The van der Waals surface area contributed by atoms with Crippen molar-refractivity contribution in [2.24, 2.45) is 0 Å². The second-order valence-corrected chi connectivity index (χ2v) is 7.88. The number of alkyl halides is 3. The zero-order valence-corrected chi connectivity index (χ0v) is 16.8. The molecule has 2 N–H and O–H groups in total. The maximum Gasteiger partial charge on any atom is 0.431 e. The third kappa shape index (κ3) is 3.81. The first-order valence-electron chi connectivity index (χ1n) is 10.1. The van der Waals surface area contributed by atoms with E-state index in [9.17, 15) is 13.2 Å². The van der Waals surface area contributed by atoms with Gasteiger partial charge in [0.1, 0.15) is 35.8 Å². The van der Waals surface area contributed by atoms with Gasteiger partial charge in [-0.3, -0.25) is 4.90 Å². The molecule has 10 heteroatoms. The molecule has 7 nitrogen and oxygen atoms in total. The summed E-state index contributed by atoms with van der Waals surface area (Å²) < 4.78 is 51.4. The number of benzene rings is 1. The molecule has 0 bridgehead atoms. The summed E-state index contributed by atoms with van der Waals surface area (Å²) in [5.41, 5.74) is 0.231. The first-order chi connectivity index (χ1) is 14.9. The lowest BCUT2D eigenvalue weighted by Crippen LogP contribution is -2.54. The third-order valence-corrected chi connectivity index (χ3v) is 5.81. The van der Waals surface area contributed by atoms with E-state index in [-0.39, 0.29) is 23.8 Å². The minimum Gasteiger partial charge on any atom is -0.491 e. The molecule has 4 heterocycles. The number of morpholine rings is 1. The van der Waals surface area contributed by atoms with Gasteiger partial charge in [-0.05, 0) is 19.1 Å². The van der Waals surface area contributed by atoms with Crippen LogP contribution in [0.4, 0.5) is 19.0 Å². The van der Waals surface area contributed by atoms with Crippen molar-refractivity contribution >= 4 is 16.9 Å². The van der Waals surface area contributed by atoms with E-state index in [2.05, 4.69) is 25.2 Å². The monoisotopic (exact) mass is 433 g/mol. The summed E-state index contributed by atoms with van der Waals surface area (Å²) in [7, 11) is 0. The van der Waals surface area contributed by atoms with Gasteiger partial charge in [0, 0.05) is 18.7 Å². The van der Waals surface area contributed by atoms with Crippen LogP contribution in [0.25, 0.3) is 11.0 Å². The topological polar surface area (TPSA) is 75.3 Å². The molecule has 1 saturated heterocycles. The molecule has 2 aliphatic rings. The Labute approximate surface area is 176 Å². The predicted octanol–water partition coefficient (Wildman–Crippen LogP) is 3.61. The molecule has 0 saturated carbocycles. The lowest BCUT2D eigenvalue weighted by Gasteiger charge is -2.43. The highest BCUT2D eigenvalue weighted by molar-refractivity contribution is 5.88. The zero-order valence-electron chi connectivity index (χ0n) is 16.8. The first-order valence-corrected chi connectivity index (χ1v) is 10.1. The number of fused-ring (bicyclic) bond motifs is 2. The summed E-state index contributed by atoms with van der Waals surface area (Å²) in [6.45, 7) is 4.60. The van der Waals surface area contributed by atoms with E-state index in [1.165, 1.54) is 6.33 Å². The summed E-state index contributed by atoms with van der Waals surface area (Å²) >= 11 is 0. The lowest BCUT2D eigenvalue weighted by atomic mass is 9.94. The van der Waals surface area contributed by atoms with E-state index >= 15 is 0 Å². The molecular formula is C21H22F3N5O2. The Bertz CT molecular complexity index is 1090. The minimum atomic E-state index is -4.49. The molecule has 3 atom stereocenters. The second kappa shape index (κ2) is 7.69. The van der Waals surface area contributed by atoms with Crippen LogP contribution in [0.15, 0.2) is 36.7 Å². The Morgan fingerprint density at radius 2 is 2.06 bits per heavy atom. The molecule has 2 aromatic heterocycles. The number of nitrogens with zero attached hydrogens (tertiary/aromatic N) is 3. The van der Waals surface area contributed by atoms with Gasteiger partial charge in [0.2, 0.25) is 0 Å². The minimum absolute atomic E-state index is 0.0349. The molecular weight excluding hydrogens is 411 g/mol. The maximum absolute atomic E-state index is 13.2. The lowest BCUT2D eigenvalue weighted by molar-refractivity contribution is -0.140. The summed E-state index contributed by atoms with van der Waals surface area (Å²) in [4.78, 5) is 12.9. The predicted molar refractivity (Wildman–Crippen MR) is 108 cm³/mol. The Morgan fingerprint density at radius 3 is 2.87 bits per heavy atom. The molecule has 0 unspecified atom stereocenters. The number of ether oxygens (including phenoxy) is 2. The quantitative estimate of drug-likeness (QED) is 0.657. The van der Waals surface area contributed by atoms with E-state index in [1.54, 1.807) is 0 Å².